The lowest BCUT2D eigenvalue weighted by atomic mass is 10.2. The Labute approximate surface area is 191 Å². The maximum atomic E-state index is 13.1. The average Bonchev–Trinajstić information content (AvgIpc) is 3.44. The summed E-state index contributed by atoms with van der Waals surface area (Å²) >= 11 is 0. The summed E-state index contributed by atoms with van der Waals surface area (Å²) in [6.45, 7) is 4.81. The monoisotopic (exact) mass is 469 g/mol. The fourth-order valence-corrected chi connectivity index (χ4v) is 5.15. The Morgan fingerprint density at radius 1 is 1.18 bits per heavy atom. The van der Waals surface area contributed by atoms with E-state index in [1.54, 1.807) is 60.9 Å². The third-order valence-electron chi connectivity index (χ3n) is 5.37. The molecule has 1 amide bonds. The van der Waals surface area contributed by atoms with Crippen molar-refractivity contribution in [1.82, 2.24) is 9.72 Å². The van der Waals surface area contributed by atoms with Gasteiger partial charge in [0.25, 0.3) is 5.91 Å². The van der Waals surface area contributed by atoms with Crippen molar-refractivity contribution in [2.24, 2.45) is 0 Å². The Morgan fingerprint density at radius 2 is 1.91 bits per heavy atom. The van der Waals surface area contributed by atoms with Gasteiger partial charge in [0.1, 0.15) is 5.76 Å². The smallest absolute Gasteiger partial charge is 0.340 e. The van der Waals surface area contributed by atoms with Gasteiger partial charge in [-0.1, -0.05) is 23.4 Å². The summed E-state index contributed by atoms with van der Waals surface area (Å²) in [6, 6.07) is 11.4. The molecule has 1 aliphatic heterocycles. The summed E-state index contributed by atoms with van der Waals surface area (Å²) < 4.78 is 36.1. The van der Waals surface area contributed by atoms with E-state index >= 15 is 0 Å². The number of para-hydroxylation sites is 1. The Morgan fingerprint density at radius 3 is 2.52 bits per heavy atom. The van der Waals surface area contributed by atoms with Crippen molar-refractivity contribution in [2.75, 3.05) is 17.3 Å². The zero-order valence-electron chi connectivity index (χ0n) is 18.4. The third-order valence-corrected chi connectivity index (χ3v) is 6.75. The van der Waals surface area contributed by atoms with Crippen LogP contribution in [0, 0.1) is 20.8 Å². The summed E-state index contributed by atoms with van der Waals surface area (Å²) in [6.07, 6.45) is 1.47. The number of carbonyl (C=O) groups is 2. The number of esters is 1. The van der Waals surface area contributed by atoms with Crippen molar-refractivity contribution in [3.63, 3.8) is 0 Å². The van der Waals surface area contributed by atoms with E-state index < -0.39 is 34.4 Å². The lowest BCUT2D eigenvalue weighted by Gasteiger charge is -2.27. The Hall–Kier alpha value is -3.66. The first-order valence-electron chi connectivity index (χ1n) is 10.2. The van der Waals surface area contributed by atoms with E-state index in [0.29, 0.717) is 28.5 Å². The van der Waals surface area contributed by atoms with Gasteiger partial charge in [-0.3, -0.25) is 9.36 Å². The zero-order valence-corrected chi connectivity index (χ0v) is 19.2. The fraction of sp³-hybridized carbons (Fsp3) is 0.261. The molecule has 1 atom stereocenters. The molecule has 0 spiro atoms. The van der Waals surface area contributed by atoms with Crippen LogP contribution in [0.15, 0.2) is 58.5 Å². The predicted octanol–water partition coefficient (Wildman–Crippen LogP) is 2.89. The number of benzene rings is 1. The largest absolute Gasteiger partial charge is 0.452 e. The predicted molar refractivity (Wildman–Crippen MR) is 121 cm³/mol. The first-order valence-corrected chi connectivity index (χ1v) is 12.0. The molecule has 2 aromatic heterocycles. The number of ether oxygens (including phenoxy) is 1. The van der Waals surface area contributed by atoms with Crippen LogP contribution in [0.2, 0.25) is 0 Å². The van der Waals surface area contributed by atoms with Crippen LogP contribution in [0.4, 0.5) is 5.69 Å². The van der Waals surface area contributed by atoms with Crippen LogP contribution in [0.3, 0.4) is 0 Å². The minimum absolute atomic E-state index is 0.222. The first kappa shape index (κ1) is 22.5. The molecule has 33 heavy (non-hydrogen) atoms. The topological polar surface area (TPSA) is 112 Å². The third kappa shape index (κ3) is 4.61. The molecule has 1 aromatic carbocycles. The fourth-order valence-electron chi connectivity index (χ4n) is 3.88. The maximum absolute atomic E-state index is 13.1. The number of hydrogen-bond donors (Lipinski definition) is 0. The van der Waals surface area contributed by atoms with Gasteiger partial charge < -0.3 is 14.2 Å². The molecule has 9 nitrogen and oxygen atoms in total. The summed E-state index contributed by atoms with van der Waals surface area (Å²) in [7, 11) is -3.39. The highest BCUT2D eigenvalue weighted by atomic mass is 32.2. The Balaban J connectivity index is 1.52. The number of amides is 1. The molecular formula is C23H23N3O6S. The molecular weight excluding hydrogens is 446 g/mol. The van der Waals surface area contributed by atoms with Gasteiger partial charge in [-0.2, -0.15) is 0 Å². The molecule has 0 N–H and O–H groups in total. The molecule has 0 unspecified atom stereocenters. The van der Waals surface area contributed by atoms with Crippen LogP contribution in [-0.4, -0.2) is 48.4 Å². The Kier molecular flexibility index (Phi) is 5.94. The molecule has 0 fully saturated rings. The van der Waals surface area contributed by atoms with E-state index in [1.165, 1.54) is 11.0 Å². The number of carbonyl (C=O) groups excluding carboxylic acids is 2. The van der Waals surface area contributed by atoms with Gasteiger partial charge in [0.15, 0.2) is 22.3 Å². The van der Waals surface area contributed by atoms with Crippen molar-refractivity contribution in [3.8, 4) is 5.82 Å². The van der Waals surface area contributed by atoms with Gasteiger partial charge in [0.05, 0.1) is 17.4 Å². The highest BCUT2D eigenvalue weighted by Gasteiger charge is 2.32. The standard InChI is InChI=1S/C23H23N3O6S/c1-15-11-20(17(3)25(15)21-12-16(2)32-24-21)23(28)31-13-22(27)26(18-7-5-4-6-8-18)19-9-10-33(29,30)14-19/h4-12,19H,13-14H2,1-3H3/t19-/m1/s1. The molecule has 0 bridgehead atoms. The molecule has 1 aliphatic rings. The van der Waals surface area contributed by atoms with Crippen LogP contribution in [0.1, 0.15) is 27.5 Å². The number of aryl methyl sites for hydroxylation is 2. The molecule has 3 aromatic rings. The summed E-state index contributed by atoms with van der Waals surface area (Å²) in [5.41, 5.74) is 2.18. The van der Waals surface area contributed by atoms with E-state index in [9.17, 15) is 18.0 Å². The quantitative estimate of drug-likeness (QED) is 0.510. The van der Waals surface area contributed by atoms with E-state index in [1.807, 2.05) is 6.92 Å². The highest BCUT2D eigenvalue weighted by Crippen LogP contribution is 2.24. The van der Waals surface area contributed by atoms with Crippen molar-refractivity contribution >= 4 is 27.4 Å². The van der Waals surface area contributed by atoms with Gasteiger partial charge in [-0.05, 0) is 45.0 Å². The minimum Gasteiger partial charge on any atom is -0.452 e. The Bertz CT molecular complexity index is 1340. The summed E-state index contributed by atoms with van der Waals surface area (Å²) in [5, 5.41) is 5.09. The average molecular weight is 470 g/mol. The van der Waals surface area contributed by atoms with Gasteiger partial charge in [0.2, 0.25) is 0 Å². The second-order valence-corrected chi connectivity index (χ2v) is 9.75. The molecule has 4 rings (SSSR count). The van der Waals surface area contributed by atoms with Crippen LogP contribution < -0.4 is 4.90 Å². The number of aromatic nitrogens is 2. The lowest BCUT2D eigenvalue weighted by molar-refractivity contribution is -0.121. The van der Waals surface area contributed by atoms with E-state index in [-0.39, 0.29) is 5.75 Å². The SMILES string of the molecule is Cc1cc(-n2c(C)cc(C(=O)OCC(=O)N(c3ccccc3)[C@@H]3C=CS(=O)(=O)C3)c2C)no1. The van der Waals surface area contributed by atoms with Crippen LogP contribution in [0.25, 0.3) is 5.82 Å². The number of sulfone groups is 1. The number of rotatable bonds is 6. The number of hydrogen-bond acceptors (Lipinski definition) is 7. The van der Waals surface area contributed by atoms with Gasteiger partial charge in [0, 0.05) is 28.5 Å². The first-order chi connectivity index (χ1) is 15.7. The molecule has 0 saturated heterocycles. The van der Waals surface area contributed by atoms with Crippen molar-refractivity contribution in [1.29, 1.82) is 0 Å². The minimum atomic E-state index is -3.39. The summed E-state index contributed by atoms with van der Waals surface area (Å²) in [4.78, 5) is 27.2. The van der Waals surface area contributed by atoms with Gasteiger partial charge >= 0.3 is 5.97 Å². The zero-order chi connectivity index (χ0) is 23.8. The lowest BCUT2D eigenvalue weighted by Crippen LogP contribution is -2.43. The number of anilines is 1. The van der Waals surface area contributed by atoms with Crippen molar-refractivity contribution < 1.29 is 27.3 Å². The molecule has 3 heterocycles. The van der Waals surface area contributed by atoms with Crippen LogP contribution >= 0.6 is 0 Å². The molecule has 0 saturated carbocycles. The molecule has 0 radical (unpaired) electrons. The van der Waals surface area contributed by atoms with Gasteiger partial charge in [-0.15, -0.1) is 0 Å². The maximum Gasteiger partial charge on any atom is 0.340 e. The summed E-state index contributed by atoms with van der Waals surface area (Å²) in [5.74, 6) is -0.231. The van der Waals surface area contributed by atoms with Crippen LogP contribution in [0.5, 0.6) is 0 Å². The normalized spacial score (nSPS) is 16.6. The molecule has 172 valence electrons. The molecule has 0 aliphatic carbocycles. The second-order valence-electron chi connectivity index (χ2n) is 7.82. The van der Waals surface area contributed by atoms with Crippen LogP contribution in [-0.2, 0) is 19.4 Å². The molecule has 10 heteroatoms. The number of nitrogens with zero attached hydrogens (tertiary/aromatic N) is 3. The van der Waals surface area contributed by atoms with E-state index in [0.717, 1.165) is 11.1 Å². The second kappa shape index (κ2) is 8.70. The van der Waals surface area contributed by atoms with Gasteiger partial charge in [-0.25, -0.2) is 13.2 Å². The van der Waals surface area contributed by atoms with E-state index in [2.05, 4.69) is 5.16 Å². The highest BCUT2D eigenvalue weighted by molar-refractivity contribution is 7.94. The van der Waals surface area contributed by atoms with E-state index in [4.69, 9.17) is 9.26 Å². The van der Waals surface area contributed by atoms with Crippen molar-refractivity contribution in [3.05, 3.63) is 76.7 Å². The van der Waals surface area contributed by atoms with Crippen molar-refractivity contribution in [2.45, 2.75) is 26.8 Å².